The second-order valence-electron chi connectivity index (χ2n) is 4.53. The number of benzene rings is 1. The third-order valence-electron chi connectivity index (χ3n) is 2.60. The van der Waals surface area contributed by atoms with Crippen molar-refractivity contribution in [3.8, 4) is 0 Å². The first-order valence-corrected chi connectivity index (χ1v) is 5.78. The highest BCUT2D eigenvalue weighted by molar-refractivity contribution is 5.97. The number of carbonyl (C=O) groups excluding carboxylic acids is 1. The Hall–Kier alpha value is -2.02. The lowest BCUT2D eigenvalue weighted by atomic mass is 10.0. The van der Waals surface area contributed by atoms with Crippen LogP contribution in [-0.4, -0.2) is 22.9 Å². The zero-order valence-corrected chi connectivity index (χ0v) is 11.0. The molecule has 0 bridgehead atoms. The molecule has 1 amide bonds. The molecule has 2 N–H and O–H groups in total. The van der Waals surface area contributed by atoms with Gasteiger partial charge in [-0.15, -0.1) is 0 Å². The zero-order chi connectivity index (χ0) is 14.6. The lowest BCUT2D eigenvalue weighted by Crippen LogP contribution is -2.49. The maximum Gasteiger partial charge on any atom is 0.272 e. The van der Waals surface area contributed by atoms with Crippen molar-refractivity contribution in [3.63, 3.8) is 0 Å². The first kappa shape index (κ1) is 15.0. The smallest absolute Gasteiger partial charge is 0.272 e. The molecule has 0 heterocycles. The summed E-state index contributed by atoms with van der Waals surface area (Å²) in [5.74, 6) is -1.25. The van der Waals surface area contributed by atoms with Gasteiger partial charge in [0.25, 0.3) is 5.69 Å². The normalized spacial score (nSPS) is 11.2. The minimum absolute atomic E-state index is 0.0819. The molecule has 7 heteroatoms. The summed E-state index contributed by atoms with van der Waals surface area (Å²) < 4.78 is 13.6. The number of non-ortho nitro benzene ring substituents is 1. The first-order chi connectivity index (χ1) is 8.77. The number of nitrogens with zero attached hydrogens (tertiary/aromatic N) is 1. The number of likely N-dealkylation sites (N-methyl/N-ethyl adjacent to an activating group) is 1. The van der Waals surface area contributed by atoms with Gasteiger partial charge in [0.15, 0.2) is 5.82 Å². The van der Waals surface area contributed by atoms with Crippen molar-refractivity contribution in [2.45, 2.75) is 26.3 Å². The Morgan fingerprint density at radius 3 is 2.58 bits per heavy atom. The largest absolute Gasteiger partial charge is 0.322 e. The van der Waals surface area contributed by atoms with Gasteiger partial charge in [0.2, 0.25) is 5.91 Å². The van der Waals surface area contributed by atoms with Crippen molar-refractivity contribution < 1.29 is 14.1 Å². The number of amides is 1. The average molecular weight is 269 g/mol. The van der Waals surface area contributed by atoms with E-state index in [1.807, 2.05) is 6.92 Å². The van der Waals surface area contributed by atoms with Crippen LogP contribution in [0.1, 0.15) is 20.8 Å². The molecule has 0 aliphatic carbocycles. The van der Waals surface area contributed by atoms with Gasteiger partial charge in [-0.2, -0.15) is 0 Å². The number of hydrogen-bond donors (Lipinski definition) is 2. The highest BCUT2D eigenvalue weighted by Crippen LogP contribution is 2.21. The van der Waals surface area contributed by atoms with Crippen LogP contribution in [0.3, 0.4) is 0 Å². The molecule has 0 unspecified atom stereocenters. The summed E-state index contributed by atoms with van der Waals surface area (Å²) in [4.78, 5) is 21.7. The van der Waals surface area contributed by atoms with E-state index in [-0.39, 0.29) is 11.4 Å². The Morgan fingerprint density at radius 2 is 2.11 bits per heavy atom. The van der Waals surface area contributed by atoms with Crippen LogP contribution in [0.25, 0.3) is 0 Å². The molecule has 0 saturated carbocycles. The highest BCUT2D eigenvalue weighted by Gasteiger charge is 2.27. The monoisotopic (exact) mass is 269 g/mol. The average Bonchev–Trinajstić information content (AvgIpc) is 2.31. The van der Waals surface area contributed by atoms with E-state index in [1.165, 1.54) is 6.07 Å². The molecule has 0 aliphatic rings. The number of halogens is 1. The van der Waals surface area contributed by atoms with E-state index in [2.05, 4.69) is 10.6 Å². The van der Waals surface area contributed by atoms with Crippen molar-refractivity contribution in [2.75, 3.05) is 11.9 Å². The summed E-state index contributed by atoms with van der Waals surface area (Å²) in [6, 6.07) is 3.09. The standard InChI is InChI=1S/C12H16FN3O3/c1-4-14-12(2,3)11(17)15-10-6-5-8(16(18)19)7-9(10)13/h5-7,14H,4H2,1-3H3,(H,15,17). The minimum Gasteiger partial charge on any atom is -0.322 e. The van der Waals surface area contributed by atoms with Gasteiger partial charge in [0.05, 0.1) is 22.2 Å². The summed E-state index contributed by atoms with van der Waals surface area (Å²) in [5.41, 5.74) is -1.30. The van der Waals surface area contributed by atoms with Crippen LogP contribution in [0.5, 0.6) is 0 Å². The third-order valence-corrected chi connectivity index (χ3v) is 2.60. The molecule has 1 rings (SSSR count). The Morgan fingerprint density at radius 1 is 1.47 bits per heavy atom. The summed E-state index contributed by atoms with van der Waals surface area (Å²) in [6.45, 7) is 5.76. The van der Waals surface area contributed by atoms with Crippen LogP contribution in [-0.2, 0) is 4.79 Å². The third kappa shape index (κ3) is 3.72. The summed E-state index contributed by atoms with van der Waals surface area (Å²) in [6.07, 6.45) is 0. The fraction of sp³-hybridized carbons (Fsp3) is 0.417. The summed E-state index contributed by atoms with van der Waals surface area (Å²) >= 11 is 0. The van der Waals surface area contributed by atoms with E-state index < -0.39 is 22.2 Å². The number of nitrogens with one attached hydrogen (secondary N) is 2. The van der Waals surface area contributed by atoms with Gasteiger partial charge >= 0.3 is 0 Å². The molecule has 0 saturated heterocycles. The Kier molecular flexibility index (Phi) is 4.55. The van der Waals surface area contributed by atoms with Gasteiger partial charge in [-0.1, -0.05) is 6.92 Å². The lowest BCUT2D eigenvalue weighted by Gasteiger charge is -2.24. The topological polar surface area (TPSA) is 84.3 Å². The van der Waals surface area contributed by atoms with E-state index in [9.17, 15) is 19.3 Å². The quantitative estimate of drug-likeness (QED) is 0.633. The minimum atomic E-state index is -0.858. The Balaban J connectivity index is 2.89. The molecule has 6 nitrogen and oxygen atoms in total. The summed E-state index contributed by atoms with van der Waals surface area (Å²) in [5, 5.41) is 15.8. The second-order valence-corrected chi connectivity index (χ2v) is 4.53. The molecule has 1 aromatic carbocycles. The molecule has 0 aromatic heterocycles. The molecule has 104 valence electrons. The van der Waals surface area contributed by atoms with Crippen LogP contribution >= 0.6 is 0 Å². The molecule has 0 atom stereocenters. The van der Waals surface area contributed by atoms with Crippen molar-refractivity contribution in [3.05, 3.63) is 34.1 Å². The van der Waals surface area contributed by atoms with Crippen LogP contribution in [0.4, 0.5) is 15.8 Å². The van der Waals surface area contributed by atoms with E-state index in [0.29, 0.717) is 6.54 Å². The summed E-state index contributed by atoms with van der Waals surface area (Å²) in [7, 11) is 0. The lowest BCUT2D eigenvalue weighted by molar-refractivity contribution is -0.385. The van der Waals surface area contributed by atoms with Crippen molar-refractivity contribution in [1.29, 1.82) is 0 Å². The second kappa shape index (κ2) is 5.75. The fourth-order valence-electron chi connectivity index (χ4n) is 1.52. The Bertz CT molecular complexity index is 503. The van der Waals surface area contributed by atoms with Gasteiger partial charge in [-0.25, -0.2) is 4.39 Å². The van der Waals surface area contributed by atoms with E-state index in [4.69, 9.17) is 0 Å². The number of hydrogen-bond acceptors (Lipinski definition) is 4. The zero-order valence-electron chi connectivity index (χ0n) is 11.0. The fourth-order valence-corrected chi connectivity index (χ4v) is 1.52. The number of nitro groups is 1. The van der Waals surface area contributed by atoms with Crippen LogP contribution < -0.4 is 10.6 Å². The Labute approximate surface area is 110 Å². The molecule has 0 fully saturated rings. The maximum atomic E-state index is 13.6. The number of carbonyl (C=O) groups is 1. The van der Waals surface area contributed by atoms with Crippen molar-refractivity contribution >= 4 is 17.3 Å². The van der Waals surface area contributed by atoms with Crippen molar-refractivity contribution in [1.82, 2.24) is 5.32 Å². The van der Waals surface area contributed by atoms with Crippen molar-refractivity contribution in [2.24, 2.45) is 0 Å². The first-order valence-electron chi connectivity index (χ1n) is 5.78. The van der Waals surface area contributed by atoms with E-state index in [1.54, 1.807) is 13.8 Å². The van der Waals surface area contributed by atoms with Gasteiger partial charge in [-0.05, 0) is 26.5 Å². The predicted molar refractivity (Wildman–Crippen MR) is 69.4 cm³/mol. The number of rotatable bonds is 5. The van der Waals surface area contributed by atoms with Gasteiger partial charge in [0.1, 0.15) is 0 Å². The molecule has 0 aliphatic heterocycles. The molecule has 0 spiro atoms. The predicted octanol–water partition coefficient (Wildman–Crippen LogP) is 2.06. The highest BCUT2D eigenvalue weighted by atomic mass is 19.1. The van der Waals surface area contributed by atoms with E-state index in [0.717, 1.165) is 12.1 Å². The molecular weight excluding hydrogens is 253 g/mol. The van der Waals surface area contributed by atoms with Gasteiger partial charge in [0, 0.05) is 6.07 Å². The SMILES string of the molecule is CCNC(C)(C)C(=O)Nc1ccc([N+](=O)[O-])cc1F. The molecule has 0 radical (unpaired) electrons. The number of anilines is 1. The number of nitro benzene ring substituents is 1. The van der Waals surface area contributed by atoms with Gasteiger partial charge in [-0.3, -0.25) is 14.9 Å². The van der Waals surface area contributed by atoms with Gasteiger partial charge < -0.3 is 10.6 Å². The molecular formula is C12H16FN3O3. The van der Waals surface area contributed by atoms with Crippen LogP contribution in [0.15, 0.2) is 18.2 Å². The van der Waals surface area contributed by atoms with Crippen LogP contribution in [0, 0.1) is 15.9 Å². The van der Waals surface area contributed by atoms with E-state index >= 15 is 0 Å². The maximum absolute atomic E-state index is 13.6. The van der Waals surface area contributed by atoms with Crippen LogP contribution in [0.2, 0.25) is 0 Å². The molecule has 19 heavy (non-hydrogen) atoms. The molecule has 1 aromatic rings.